The van der Waals surface area contributed by atoms with Gasteiger partial charge in [-0.25, -0.2) is 0 Å². The lowest BCUT2D eigenvalue weighted by atomic mass is 9.96. The number of aromatic nitrogens is 4. The molecule has 1 fully saturated rings. The number of nitrogens with one attached hydrogen (secondary N) is 3. The number of ether oxygens (including phenoxy) is 2. The number of carbonyl (C=O) groups excluding carboxylic acids is 1. The Morgan fingerprint density at radius 1 is 1.02 bits per heavy atom. The molecule has 3 aromatic carbocycles. The summed E-state index contributed by atoms with van der Waals surface area (Å²) in [5.41, 5.74) is 7.12. The summed E-state index contributed by atoms with van der Waals surface area (Å²) in [5.74, 6) is 3.06. The minimum atomic E-state index is -0.361. The highest BCUT2D eigenvalue weighted by molar-refractivity contribution is 5.83. The van der Waals surface area contributed by atoms with E-state index in [1.807, 2.05) is 24.3 Å². The number of hydrogen-bond donors (Lipinski definition) is 3. The zero-order valence-electron chi connectivity index (χ0n) is 27.1. The highest BCUT2D eigenvalue weighted by Crippen LogP contribution is 2.35. The van der Waals surface area contributed by atoms with Crippen molar-refractivity contribution in [2.75, 3.05) is 27.3 Å². The third kappa shape index (κ3) is 6.53. The van der Waals surface area contributed by atoms with Crippen LogP contribution in [0.4, 0.5) is 0 Å². The Labute approximate surface area is 275 Å². The molecule has 242 valence electrons. The second kappa shape index (κ2) is 13.8. The average molecular weight is 631 g/mol. The molecule has 1 unspecified atom stereocenters. The maximum Gasteiger partial charge on any atom is 0.224 e. The number of para-hydroxylation sites is 1. The predicted molar refractivity (Wildman–Crippen MR) is 184 cm³/mol. The molecule has 1 amide bonds. The van der Waals surface area contributed by atoms with Gasteiger partial charge in [0.05, 0.1) is 32.7 Å². The van der Waals surface area contributed by atoms with Gasteiger partial charge in [-0.05, 0) is 72.7 Å². The zero-order chi connectivity index (χ0) is 32.2. The van der Waals surface area contributed by atoms with E-state index in [1.54, 1.807) is 14.2 Å². The Kier molecular flexibility index (Phi) is 9.06. The molecule has 3 heterocycles. The number of hydrogen-bond acceptors (Lipinski definition) is 6. The third-order valence-corrected chi connectivity index (χ3v) is 9.62. The van der Waals surface area contributed by atoms with Crippen LogP contribution in [0.1, 0.15) is 59.2 Å². The standard InChI is InChI=1S/C38H42N6O3/c1-46-30-17-15-29(35(21-30)47-2)24-44-36(18-16-27-23-40-33-12-6-5-11-32(27)33)42-43-37(44)34(41-38(45)28-9-7-19-39-22-28)20-26-14-13-25-8-3-4-10-31(25)26/h3-6,8,10-12,14-15,17,21,23,28,34,39-40H,7,9,13,16,18-20,22,24H2,1-2H3,(H,41,45)/t28?,34-/m1/s1. The van der Waals surface area contributed by atoms with E-state index in [9.17, 15) is 4.79 Å². The lowest BCUT2D eigenvalue weighted by Gasteiger charge is -2.26. The number of piperidine rings is 1. The van der Waals surface area contributed by atoms with Gasteiger partial charge in [0.2, 0.25) is 5.91 Å². The third-order valence-electron chi connectivity index (χ3n) is 9.62. The van der Waals surface area contributed by atoms with Gasteiger partial charge in [0.15, 0.2) is 5.82 Å². The number of amides is 1. The van der Waals surface area contributed by atoms with E-state index in [0.29, 0.717) is 25.9 Å². The molecule has 2 aromatic heterocycles. The van der Waals surface area contributed by atoms with Gasteiger partial charge < -0.3 is 29.7 Å². The number of aromatic amines is 1. The summed E-state index contributed by atoms with van der Waals surface area (Å²) in [6, 6.07) is 22.4. The molecule has 2 aliphatic rings. The molecule has 0 bridgehead atoms. The van der Waals surface area contributed by atoms with E-state index in [4.69, 9.17) is 19.7 Å². The van der Waals surface area contributed by atoms with Crippen molar-refractivity contribution in [3.05, 3.63) is 113 Å². The number of allylic oxidation sites excluding steroid dienone is 1. The SMILES string of the molecule is COc1ccc(Cn2c(CCc3c[nH]c4ccccc34)nnc2[C@@H](CC2=CCc3ccccc32)NC(=O)C2CCCNC2)c(OC)c1. The van der Waals surface area contributed by atoms with Crippen LogP contribution in [0.15, 0.2) is 79.0 Å². The van der Waals surface area contributed by atoms with E-state index in [-0.39, 0.29) is 17.9 Å². The van der Waals surface area contributed by atoms with Crippen LogP contribution in [0.25, 0.3) is 16.5 Å². The first-order valence-electron chi connectivity index (χ1n) is 16.6. The quantitative estimate of drug-likeness (QED) is 0.161. The van der Waals surface area contributed by atoms with E-state index in [1.165, 1.54) is 27.6 Å². The molecule has 7 rings (SSSR count). The Balaban J connectivity index is 1.26. The fourth-order valence-electron chi connectivity index (χ4n) is 7.04. The lowest BCUT2D eigenvalue weighted by Crippen LogP contribution is -2.42. The van der Waals surface area contributed by atoms with Crippen molar-refractivity contribution in [2.24, 2.45) is 5.92 Å². The van der Waals surface area contributed by atoms with E-state index < -0.39 is 0 Å². The van der Waals surface area contributed by atoms with Crippen LogP contribution < -0.4 is 20.1 Å². The van der Waals surface area contributed by atoms with Crippen LogP contribution in [0.3, 0.4) is 0 Å². The minimum absolute atomic E-state index is 0.0611. The molecule has 0 spiro atoms. The molecule has 0 saturated carbocycles. The molecule has 1 aliphatic carbocycles. The van der Waals surface area contributed by atoms with Crippen LogP contribution in [-0.2, 0) is 30.6 Å². The molecule has 2 atom stereocenters. The van der Waals surface area contributed by atoms with Gasteiger partial charge in [-0.2, -0.15) is 0 Å². The van der Waals surface area contributed by atoms with Crippen LogP contribution in [-0.4, -0.2) is 53.0 Å². The number of carbonyl (C=O) groups is 1. The summed E-state index contributed by atoms with van der Waals surface area (Å²) in [6.45, 7) is 2.14. The van der Waals surface area contributed by atoms with Crippen molar-refractivity contribution in [3.63, 3.8) is 0 Å². The maximum absolute atomic E-state index is 13.8. The topological polar surface area (TPSA) is 106 Å². The zero-order valence-corrected chi connectivity index (χ0v) is 27.1. The molecular weight excluding hydrogens is 588 g/mol. The summed E-state index contributed by atoms with van der Waals surface area (Å²) >= 11 is 0. The summed E-state index contributed by atoms with van der Waals surface area (Å²) in [4.78, 5) is 17.2. The van der Waals surface area contributed by atoms with Crippen molar-refractivity contribution in [1.82, 2.24) is 30.4 Å². The number of rotatable bonds is 12. The molecular formula is C38H42N6O3. The highest BCUT2D eigenvalue weighted by atomic mass is 16.5. The smallest absolute Gasteiger partial charge is 0.224 e. The maximum atomic E-state index is 13.8. The fourth-order valence-corrected chi connectivity index (χ4v) is 7.04. The lowest BCUT2D eigenvalue weighted by molar-refractivity contribution is -0.126. The molecule has 3 N–H and O–H groups in total. The summed E-state index contributed by atoms with van der Waals surface area (Å²) in [6.07, 6.45) is 9.25. The molecule has 1 aliphatic heterocycles. The second-order valence-electron chi connectivity index (χ2n) is 12.5. The Hall–Kier alpha value is -4.89. The van der Waals surface area contributed by atoms with Crippen molar-refractivity contribution in [3.8, 4) is 11.5 Å². The molecule has 47 heavy (non-hydrogen) atoms. The Morgan fingerprint density at radius 2 is 1.89 bits per heavy atom. The Bertz CT molecular complexity index is 1900. The first kappa shape index (κ1) is 30.7. The fraction of sp³-hybridized carbons (Fsp3) is 0.342. The predicted octanol–water partition coefficient (Wildman–Crippen LogP) is 5.80. The van der Waals surface area contributed by atoms with E-state index in [2.05, 4.69) is 74.9 Å². The van der Waals surface area contributed by atoms with Gasteiger partial charge in [-0.1, -0.05) is 48.5 Å². The molecule has 1 saturated heterocycles. The number of benzene rings is 3. The van der Waals surface area contributed by atoms with Gasteiger partial charge >= 0.3 is 0 Å². The van der Waals surface area contributed by atoms with Gasteiger partial charge in [-0.15, -0.1) is 10.2 Å². The van der Waals surface area contributed by atoms with Crippen molar-refractivity contribution >= 4 is 22.4 Å². The second-order valence-corrected chi connectivity index (χ2v) is 12.5. The molecule has 5 aromatic rings. The Morgan fingerprint density at radius 3 is 2.74 bits per heavy atom. The largest absolute Gasteiger partial charge is 0.497 e. The number of H-pyrrole nitrogens is 1. The molecule has 9 heteroatoms. The van der Waals surface area contributed by atoms with Crippen LogP contribution >= 0.6 is 0 Å². The van der Waals surface area contributed by atoms with Gasteiger partial charge in [0, 0.05) is 48.1 Å². The van der Waals surface area contributed by atoms with Crippen LogP contribution in [0.5, 0.6) is 11.5 Å². The van der Waals surface area contributed by atoms with Gasteiger partial charge in [0.25, 0.3) is 0 Å². The number of aryl methyl sites for hydroxylation is 2. The first-order chi connectivity index (χ1) is 23.1. The van der Waals surface area contributed by atoms with E-state index >= 15 is 0 Å². The molecule has 9 nitrogen and oxygen atoms in total. The monoisotopic (exact) mass is 630 g/mol. The van der Waals surface area contributed by atoms with Crippen molar-refractivity contribution in [2.45, 2.75) is 51.1 Å². The summed E-state index contributed by atoms with van der Waals surface area (Å²) < 4.78 is 13.5. The number of methoxy groups -OCH3 is 2. The highest BCUT2D eigenvalue weighted by Gasteiger charge is 2.30. The van der Waals surface area contributed by atoms with Crippen molar-refractivity contribution < 1.29 is 14.3 Å². The minimum Gasteiger partial charge on any atom is -0.497 e. The average Bonchev–Trinajstić information content (AvgIpc) is 3.84. The molecule has 0 radical (unpaired) electrons. The van der Waals surface area contributed by atoms with Crippen LogP contribution in [0, 0.1) is 5.92 Å². The number of nitrogens with zero attached hydrogens (tertiary/aromatic N) is 3. The summed E-state index contributed by atoms with van der Waals surface area (Å²) in [5, 5.41) is 17.7. The van der Waals surface area contributed by atoms with Gasteiger partial charge in [-0.3, -0.25) is 4.79 Å². The number of fused-ring (bicyclic) bond motifs is 2. The van der Waals surface area contributed by atoms with E-state index in [0.717, 1.165) is 66.5 Å². The van der Waals surface area contributed by atoms with Gasteiger partial charge in [0.1, 0.15) is 17.3 Å². The summed E-state index contributed by atoms with van der Waals surface area (Å²) in [7, 11) is 3.33. The first-order valence-corrected chi connectivity index (χ1v) is 16.6. The van der Waals surface area contributed by atoms with Crippen LogP contribution in [0.2, 0.25) is 0 Å². The van der Waals surface area contributed by atoms with Crippen molar-refractivity contribution in [1.29, 1.82) is 0 Å². The normalized spacial score (nSPS) is 16.5.